The standard InChI is InChI=1S/C16H21N3OS/c1-17-16(19-12-14-8-11-21-13-14)18-9-5-10-20-15-6-3-2-4-7-15/h2-4,6-8,11,13H,5,9-10,12H2,1H3,(H2,17,18,19). The Kier molecular flexibility index (Phi) is 6.61. The summed E-state index contributed by atoms with van der Waals surface area (Å²) in [4.78, 5) is 4.20. The monoisotopic (exact) mass is 303 g/mol. The molecule has 0 fully saturated rings. The number of benzene rings is 1. The topological polar surface area (TPSA) is 45.7 Å². The van der Waals surface area contributed by atoms with Crippen LogP contribution in [0.2, 0.25) is 0 Å². The molecule has 0 aliphatic carbocycles. The highest BCUT2D eigenvalue weighted by Crippen LogP contribution is 2.08. The van der Waals surface area contributed by atoms with Gasteiger partial charge in [0.2, 0.25) is 0 Å². The summed E-state index contributed by atoms with van der Waals surface area (Å²) >= 11 is 1.70. The van der Waals surface area contributed by atoms with Gasteiger partial charge in [-0.05, 0) is 40.9 Å². The minimum atomic E-state index is 0.693. The van der Waals surface area contributed by atoms with Crippen LogP contribution in [0.3, 0.4) is 0 Å². The summed E-state index contributed by atoms with van der Waals surface area (Å²) in [6.45, 7) is 2.32. The fourth-order valence-electron chi connectivity index (χ4n) is 1.79. The van der Waals surface area contributed by atoms with Crippen LogP contribution in [-0.4, -0.2) is 26.2 Å². The molecule has 4 nitrogen and oxygen atoms in total. The van der Waals surface area contributed by atoms with Crippen LogP contribution in [0.25, 0.3) is 0 Å². The molecule has 2 aromatic rings. The fraction of sp³-hybridized carbons (Fsp3) is 0.312. The molecule has 1 heterocycles. The number of hydrogen-bond donors (Lipinski definition) is 2. The van der Waals surface area contributed by atoms with Crippen molar-refractivity contribution in [3.63, 3.8) is 0 Å². The van der Waals surface area contributed by atoms with E-state index < -0.39 is 0 Å². The highest BCUT2D eigenvalue weighted by molar-refractivity contribution is 7.07. The Labute approximate surface area is 129 Å². The number of nitrogens with one attached hydrogen (secondary N) is 2. The molecule has 112 valence electrons. The van der Waals surface area contributed by atoms with E-state index in [4.69, 9.17) is 4.74 Å². The first-order valence-electron chi connectivity index (χ1n) is 7.02. The van der Waals surface area contributed by atoms with E-state index in [9.17, 15) is 0 Å². The Balaban J connectivity index is 1.58. The van der Waals surface area contributed by atoms with E-state index in [1.165, 1.54) is 5.56 Å². The molecular weight excluding hydrogens is 282 g/mol. The van der Waals surface area contributed by atoms with Gasteiger partial charge in [-0.2, -0.15) is 11.3 Å². The van der Waals surface area contributed by atoms with E-state index in [2.05, 4.69) is 32.5 Å². The van der Waals surface area contributed by atoms with Crippen molar-refractivity contribution in [3.8, 4) is 5.75 Å². The molecular formula is C16H21N3OS. The third-order valence-electron chi connectivity index (χ3n) is 2.89. The molecule has 0 saturated heterocycles. The molecule has 2 rings (SSSR count). The Morgan fingerprint density at radius 2 is 2.05 bits per heavy atom. The number of hydrogen-bond acceptors (Lipinski definition) is 3. The molecule has 2 N–H and O–H groups in total. The van der Waals surface area contributed by atoms with Crippen LogP contribution < -0.4 is 15.4 Å². The second kappa shape index (κ2) is 9.02. The number of guanidine groups is 1. The van der Waals surface area contributed by atoms with Gasteiger partial charge in [-0.3, -0.25) is 4.99 Å². The molecule has 0 amide bonds. The quantitative estimate of drug-likeness (QED) is 0.470. The zero-order chi connectivity index (χ0) is 14.8. The number of para-hydroxylation sites is 1. The zero-order valence-corrected chi connectivity index (χ0v) is 13.0. The summed E-state index contributed by atoms with van der Waals surface area (Å²) < 4.78 is 5.64. The third-order valence-corrected chi connectivity index (χ3v) is 3.62. The fourth-order valence-corrected chi connectivity index (χ4v) is 2.45. The predicted molar refractivity (Wildman–Crippen MR) is 89.1 cm³/mol. The van der Waals surface area contributed by atoms with Crippen LogP contribution in [0.1, 0.15) is 12.0 Å². The van der Waals surface area contributed by atoms with Crippen molar-refractivity contribution in [2.75, 3.05) is 20.2 Å². The van der Waals surface area contributed by atoms with Crippen LogP contribution in [0.4, 0.5) is 0 Å². The smallest absolute Gasteiger partial charge is 0.191 e. The van der Waals surface area contributed by atoms with E-state index in [1.807, 2.05) is 30.3 Å². The highest BCUT2D eigenvalue weighted by Gasteiger charge is 1.98. The van der Waals surface area contributed by atoms with Crippen LogP contribution in [0.15, 0.2) is 52.2 Å². The summed E-state index contributed by atoms with van der Waals surface area (Å²) in [7, 11) is 1.78. The van der Waals surface area contributed by atoms with Crippen molar-refractivity contribution >= 4 is 17.3 Å². The number of thiophene rings is 1. The molecule has 21 heavy (non-hydrogen) atoms. The van der Waals surface area contributed by atoms with Crippen LogP contribution in [0, 0.1) is 0 Å². The number of rotatable bonds is 7. The Hall–Kier alpha value is -2.01. The molecule has 5 heteroatoms. The van der Waals surface area contributed by atoms with Gasteiger partial charge >= 0.3 is 0 Å². The molecule has 1 aromatic heterocycles. The van der Waals surface area contributed by atoms with Gasteiger partial charge in [-0.1, -0.05) is 18.2 Å². The van der Waals surface area contributed by atoms with Gasteiger partial charge in [0.1, 0.15) is 5.75 Å². The van der Waals surface area contributed by atoms with E-state index in [-0.39, 0.29) is 0 Å². The summed E-state index contributed by atoms with van der Waals surface area (Å²) in [5, 5.41) is 10.8. The minimum absolute atomic E-state index is 0.693. The van der Waals surface area contributed by atoms with E-state index in [1.54, 1.807) is 18.4 Å². The lowest BCUT2D eigenvalue weighted by atomic mass is 10.3. The van der Waals surface area contributed by atoms with Crippen molar-refractivity contribution in [2.45, 2.75) is 13.0 Å². The average Bonchev–Trinajstić information content (AvgIpc) is 3.04. The number of ether oxygens (including phenoxy) is 1. The SMILES string of the molecule is CN=C(NCCCOc1ccccc1)NCc1ccsc1. The summed E-state index contributed by atoms with van der Waals surface area (Å²) in [5.74, 6) is 1.73. The maximum absolute atomic E-state index is 5.64. The van der Waals surface area contributed by atoms with Crippen molar-refractivity contribution in [3.05, 3.63) is 52.7 Å². The van der Waals surface area contributed by atoms with E-state index >= 15 is 0 Å². The summed E-state index contributed by atoms with van der Waals surface area (Å²) in [5.41, 5.74) is 1.27. The first-order chi connectivity index (χ1) is 10.4. The van der Waals surface area contributed by atoms with Gasteiger partial charge in [0.15, 0.2) is 5.96 Å². The van der Waals surface area contributed by atoms with Gasteiger partial charge in [-0.15, -0.1) is 0 Å². The zero-order valence-electron chi connectivity index (χ0n) is 12.2. The Bertz CT molecular complexity index is 526. The van der Waals surface area contributed by atoms with Crippen LogP contribution in [0.5, 0.6) is 5.75 Å². The van der Waals surface area contributed by atoms with Crippen molar-refractivity contribution in [1.29, 1.82) is 0 Å². The van der Waals surface area contributed by atoms with Gasteiger partial charge in [0, 0.05) is 20.1 Å². The third kappa shape index (κ3) is 5.87. The Morgan fingerprint density at radius 3 is 2.76 bits per heavy atom. The first-order valence-corrected chi connectivity index (χ1v) is 7.96. The van der Waals surface area contributed by atoms with Crippen LogP contribution >= 0.6 is 11.3 Å². The normalized spacial score (nSPS) is 11.2. The molecule has 0 aliphatic rings. The number of nitrogens with zero attached hydrogens (tertiary/aromatic N) is 1. The van der Waals surface area contributed by atoms with Gasteiger partial charge in [0.25, 0.3) is 0 Å². The first kappa shape index (κ1) is 15.4. The predicted octanol–water partition coefficient (Wildman–Crippen LogP) is 2.88. The summed E-state index contributed by atoms with van der Waals surface area (Å²) in [6.07, 6.45) is 0.925. The largest absolute Gasteiger partial charge is 0.494 e. The molecule has 0 saturated carbocycles. The summed E-state index contributed by atoms with van der Waals surface area (Å²) in [6, 6.07) is 12.0. The van der Waals surface area contributed by atoms with Gasteiger partial charge < -0.3 is 15.4 Å². The van der Waals surface area contributed by atoms with Crippen LogP contribution in [-0.2, 0) is 6.54 Å². The lowest BCUT2D eigenvalue weighted by Crippen LogP contribution is -2.37. The lowest BCUT2D eigenvalue weighted by Gasteiger charge is -2.11. The van der Waals surface area contributed by atoms with Crippen molar-refractivity contribution in [1.82, 2.24) is 10.6 Å². The molecule has 0 aliphatic heterocycles. The van der Waals surface area contributed by atoms with E-state index in [0.717, 1.165) is 31.2 Å². The Morgan fingerprint density at radius 1 is 1.19 bits per heavy atom. The molecule has 0 bridgehead atoms. The highest BCUT2D eigenvalue weighted by atomic mass is 32.1. The lowest BCUT2D eigenvalue weighted by molar-refractivity contribution is 0.311. The second-order valence-corrected chi connectivity index (χ2v) is 5.28. The second-order valence-electron chi connectivity index (χ2n) is 4.50. The molecule has 0 spiro atoms. The maximum atomic E-state index is 5.64. The molecule has 0 atom stereocenters. The van der Waals surface area contributed by atoms with Gasteiger partial charge in [0.05, 0.1) is 6.61 Å². The molecule has 0 unspecified atom stereocenters. The molecule has 1 aromatic carbocycles. The maximum Gasteiger partial charge on any atom is 0.191 e. The van der Waals surface area contributed by atoms with Gasteiger partial charge in [-0.25, -0.2) is 0 Å². The number of aliphatic imine (C=N–C) groups is 1. The van der Waals surface area contributed by atoms with E-state index in [0.29, 0.717) is 6.61 Å². The minimum Gasteiger partial charge on any atom is -0.494 e. The average molecular weight is 303 g/mol. The van der Waals surface area contributed by atoms with Crippen molar-refractivity contribution in [2.24, 2.45) is 4.99 Å². The van der Waals surface area contributed by atoms with Crippen molar-refractivity contribution < 1.29 is 4.74 Å². The molecule has 0 radical (unpaired) electrons.